The minimum Gasteiger partial charge on any atom is -0.309 e. The van der Waals surface area contributed by atoms with Crippen LogP contribution in [0.2, 0.25) is 0 Å². The van der Waals surface area contributed by atoms with Crippen molar-refractivity contribution in [1.82, 2.24) is 4.90 Å². The predicted molar refractivity (Wildman–Crippen MR) is 72.0 cm³/mol. The summed E-state index contributed by atoms with van der Waals surface area (Å²) in [7, 11) is 4.22. The van der Waals surface area contributed by atoms with Crippen molar-refractivity contribution in [3.63, 3.8) is 0 Å². The van der Waals surface area contributed by atoms with Gasteiger partial charge >= 0.3 is 0 Å². The Labute approximate surface area is 120 Å². The summed E-state index contributed by atoms with van der Waals surface area (Å²) < 4.78 is 0. The Morgan fingerprint density at radius 1 is 0.938 bits per heavy atom. The van der Waals surface area contributed by atoms with E-state index in [9.17, 15) is 0 Å². The van der Waals surface area contributed by atoms with Crippen LogP contribution in [0.1, 0.15) is 5.56 Å². The van der Waals surface area contributed by atoms with Crippen molar-refractivity contribution < 1.29 is 0 Å². The van der Waals surface area contributed by atoms with Crippen molar-refractivity contribution in [2.45, 2.75) is 6.42 Å². The van der Waals surface area contributed by atoms with Gasteiger partial charge in [0, 0.05) is 36.1 Å². The molecule has 0 saturated heterocycles. The average Bonchev–Trinajstić information content (AvgIpc) is 2.26. The van der Waals surface area contributed by atoms with E-state index in [4.69, 9.17) is 0 Å². The molecule has 0 fully saturated rings. The number of fused-ring (bicyclic) bond motifs is 1. The van der Waals surface area contributed by atoms with E-state index in [-0.39, 0.29) is 29.6 Å². The fourth-order valence-corrected chi connectivity index (χ4v) is 1.75. The van der Waals surface area contributed by atoms with Gasteiger partial charge in [-0.15, -0.1) is 0 Å². The van der Waals surface area contributed by atoms with Crippen molar-refractivity contribution in [1.29, 1.82) is 0 Å². The molecule has 0 saturated carbocycles. The molecular weight excluding hydrogens is 205 g/mol. The van der Waals surface area contributed by atoms with E-state index in [0.29, 0.717) is 0 Å². The third-order valence-electron chi connectivity index (χ3n) is 2.66. The second kappa shape index (κ2) is 6.41. The molecule has 79 valence electrons. The van der Waals surface area contributed by atoms with Gasteiger partial charge in [0.1, 0.15) is 0 Å². The minimum absolute atomic E-state index is 0. The van der Waals surface area contributed by atoms with Crippen molar-refractivity contribution in [3.05, 3.63) is 48.0 Å². The molecule has 2 heteroatoms. The molecular formula is C14H17NNa. The van der Waals surface area contributed by atoms with Crippen LogP contribution in [0.3, 0.4) is 0 Å². The maximum atomic E-state index is 2.29. The summed E-state index contributed by atoms with van der Waals surface area (Å²) in [6.07, 6.45) is 1.12. The van der Waals surface area contributed by atoms with Crippen molar-refractivity contribution >= 4 is 40.3 Å². The molecule has 1 radical (unpaired) electrons. The maximum Gasteiger partial charge on any atom is 0.00157 e. The quantitative estimate of drug-likeness (QED) is 0.721. The molecule has 0 aliphatic rings. The third kappa shape index (κ3) is 3.60. The molecule has 0 bridgehead atoms. The summed E-state index contributed by atoms with van der Waals surface area (Å²) in [5.74, 6) is 0. The van der Waals surface area contributed by atoms with Crippen molar-refractivity contribution in [2.24, 2.45) is 0 Å². The van der Waals surface area contributed by atoms with Gasteiger partial charge in [0.15, 0.2) is 0 Å². The second-order valence-electron chi connectivity index (χ2n) is 4.23. The molecule has 1 nitrogen and oxygen atoms in total. The molecule has 0 aromatic heterocycles. The maximum absolute atomic E-state index is 2.29. The number of nitrogens with zero attached hydrogens (tertiary/aromatic N) is 1. The summed E-state index contributed by atoms with van der Waals surface area (Å²) in [4.78, 5) is 2.22. The molecule has 0 unspecified atom stereocenters. The second-order valence-corrected chi connectivity index (χ2v) is 4.23. The van der Waals surface area contributed by atoms with Crippen LogP contribution in [0.4, 0.5) is 0 Å². The first-order valence-electron chi connectivity index (χ1n) is 5.38. The number of hydrogen-bond acceptors (Lipinski definition) is 1. The van der Waals surface area contributed by atoms with Crippen LogP contribution >= 0.6 is 0 Å². The summed E-state index contributed by atoms with van der Waals surface area (Å²) in [6, 6.07) is 15.2. The molecule has 2 aromatic rings. The van der Waals surface area contributed by atoms with Gasteiger partial charge in [-0.3, -0.25) is 0 Å². The zero-order chi connectivity index (χ0) is 10.7. The molecule has 0 spiro atoms. The zero-order valence-corrected chi connectivity index (χ0v) is 12.4. The van der Waals surface area contributed by atoms with Crippen LogP contribution in [0, 0.1) is 0 Å². The first kappa shape index (κ1) is 13.7. The normalized spacial score (nSPS) is 10.4. The van der Waals surface area contributed by atoms with Crippen LogP contribution in [0.5, 0.6) is 0 Å². The molecule has 0 aliphatic carbocycles. The van der Waals surface area contributed by atoms with Crippen LogP contribution in [-0.4, -0.2) is 55.1 Å². The molecule has 0 aliphatic heterocycles. The van der Waals surface area contributed by atoms with E-state index >= 15 is 0 Å². The zero-order valence-electron chi connectivity index (χ0n) is 10.4. The molecule has 2 rings (SSSR count). The van der Waals surface area contributed by atoms with E-state index < -0.39 is 0 Å². The Balaban J connectivity index is 0.00000128. The third-order valence-corrected chi connectivity index (χ3v) is 2.66. The Kier molecular flexibility index (Phi) is 5.50. The largest absolute Gasteiger partial charge is 0.309 e. The van der Waals surface area contributed by atoms with Gasteiger partial charge in [-0.05, 0) is 36.9 Å². The van der Waals surface area contributed by atoms with Gasteiger partial charge < -0.3 is 4.90 Å². The molecule has 0 atom stereocenters. The molecule has 0 amide bonds. The standard InChI is InChI=1S/C14H17N.Na/c1-15(2)10-9-12-7-8-13-5-3-4-6-14(13)11-12;/h3-8,11H,9-10H2,1-2H3;. The predicted octanol–water partition coefficient (Wildman–Crippen LogP) is 2.56. The fraction of sp³-hybridized carbons (Fsp3) is 0.286. The summed E-state index contributed by atoms with van der Waals surface area (Å²) >= 11 is 0. The van der Waals surface area contributed by atoms with Gasteiger partial charge in [-0.2, -0.15) is 0 Å². The monoisotopic (exact) mass is 222 g/mol. The van der Waals surface area contributed by atoms with Gasteiger partial charge in [-0.1, -0.05) is 42.5 Å². The fourth-order valence-electron chi connectivity index (χ4n) is 1.75. The van der Waals surface area contributed by atoms with Gasteiger partial charge in [0.25, 0.3) is 0 Å². The first-order valence-corrected chi connectivity index (χ1v) is 5.38. The van der Waals surface area contributed by atoms with Crippen LogP contribution < -0.4 is 0 Å². The first-order chi connectivity index (χ1) is 7.25. The van der Waals surface area contributed by atoms with Gasteiger partial charge in [-0.25, -0.2) is 0 Å². The van der Waals surface area contributed by atoms with E-state index in [2.05, 4.69) is 61.5 Å². The molecule has 0 heterocycles. The topological polar surface area (TPSA) is 3.24 Å². The van der Waals surface area contributed by atoms with Crippen LogP contribution in [0.25, 0.3) is 10.8 Å². The summed E-state index contributed by atoms with van der Waals surface area (Å²) in [5.41, 5.74) is 1.42. The van der Waals surface area contributed by atoms with Crippen LogP contribution in [0.15, 0.2) is 42.5 Å². The van der Waals surface area contributed by atoms with E-state index in [0.717, 1.165) is 13.0 Å². The molecule has 2 aromatic carbocycles. The SMILES string of the molecule is CN(C)CCc1ccc2ccccc2c1.[Na]. The summed E-state index contributed by atoms with van der Waals surface area (Å²) in [6.45, 7) is 1.11. The Morgan fingerprint density at radius 2 is 1.62 bits per heavy atom. The van der Waals surface area contributed by atoms with Crippen LogP contribution in [-0.2, 0) is 6.42 Å². The van der Waals surface area contributed by atoms with E-state index in [1.165, 1.54) is 16.3 Å². The van der Waals surface area contributed by atoms with E-state index in [1.807, 2.05) is 0 Å². The van der Waals surface area contributed by atoms with Crippen molar-refractivity contribution in [2.75, 3.05) is 20.6 Å². The minimum atomic E-state index is 0. The Hall–Kier alpha value is -0.340. The molecule has 16 heavy (non-hydrogen) atoms. The molecule has 0 N–H and O–H groups in total. The van der Waals surface area contributed by atoms with Gasteiger partial charge in [0.05, 0.1) is 0 Å². The number of benzene rings is 2. The smallest absolute Gasteiger partial charge is 0.00157 e. The summed E-state index contributed by atoms with van der Waals surface area (Å²) in [5, 5.41) is 2.67. The van der Waals surface area contributed by atoms with Gasteiger partial charge in [0.2, 0.25) is 0 Å². The number of likely N-dealkylation sites (N-methyl/N-ethyl adjacent to an activating group) is 1. The number of hydrogen-bond donors (Lipinski definition) is 0. The van der Waals surface area contributed by atoms with E-state index in [1.54, 1.807) is 0 Å². The Morgan fingerprint density at radius 3 is 2.31 bits per heavy atom. The Bertz CT molecular complexity index is 451. The van der Waals surface area contributed by atoms with Crippen molar-refractivity contribution in [3.8, 4) is 0 Å². The average molecular weight is 222 g/mol. The number of rotatable bonds is 3.